The van der Waals surface area contributed by atoms with Crippen molar-refractivity contribution in [3.63, 3.8) is 0 Å². The van der Waals surface area contributed by atoms with Gasteiger partial charge in [-0.1, -0.05) is 0 Å². The topological polar surface area (TPSA) is 69.7 Å². The van der Waals surface area contributed by atoms with Gasteiger partial charge in [0.25, 0.3) is 0 Å². The fourth-order valence-corrected chi connectivity index (χ4v) is 3.97. The fraction of sp³-hybridized carbons (Fsp3) is 0.571. The Morgan fingerprint density at radius 3 is 2.31 bits per heavy atom. The van der Waals surface area contributed by atoms with Crippen LogP contribution in [0, 0.1) is 23.5 Å². The molecule has 0 saturated carbocycles. The molecule has 0 radical (unpaired) electrons. The summed E-state index contributed by atoms with van der Waals surface area (Å²) in [6.45, 7) is 7.11. The van der Waals surface area contributed by atoms with E-state index in [9.17, 15) is 23.2 Å². The van der Waals surface area contributed by atoms with E-state index in [1.807, 2.05) is 20.8 Å². The van der Waals surface area contributed by atoms with Crippen LogP contribution in [0.4, 0.5) is 14.5 Å². The third-order valence-electron chi connectivity index (χ3n) is 5.65. The molecule has 1 unspecified atom stereocenters. The Labute approximate surface area is 169 Å². The number of nitrogens with one attached hydrogen (secondary N) is 1. The number of amides is 3. The van der Waals surface area contributed by atoms with E-state index >= 15 is 0 Å². The summed E-state index contributed by atoms with van der Waals surface area (Å²) in [4.78, 5) is 40.9. The number of anilines is 1. The van der Waals surface area contributed by atoms with Crippen LogP contribution in [0.5, 0.6) is 0 Å². The van der Waals surface area contributed by atoms with E-state index in [1.165, 1.54) is 6.07 Å². The van der Waals surface area contributed by atoms with Crippen LogP contribution in [0.3, 0.4) is 0 Å². The molecule has 0 bridgehead atoms. The van der Waals surface area contributed by atoms with Gasteiger partial charge in [0.1, 0.15) is 11.6 Å². The summed E-state index contributed by atoms with van der Waals surface area (Å²) in [7, 11) is 0. The average molecular weight is 407 g/mol. The lowest BCUT2D eigenvalue weighted by Crippen LogP contribution is -2.46. The normalized spacial score (nSPS) is 20.9. The molecule has 6 nitrogen and oxygen atoms in total. The number of likely N-dealkylation sites (tertiary alicyclic amines) is 2. The van der Waals surface area contributed by atoms with Crippen molar-refractivity contribution in [2.45, 2.75) is 45.6 Å². The lowest BCUT2D eigenvalue weighted by Gasteiger charge is -2.34. The van der Waals surface area contributed by atoms with Gasteiger partial charge >= 0.3 is 0 Å². The van der Waals surface area contributed by atoms with Crippen molar-refractivity contribution in [3.8, 4) is 0 Å². The molecule has 1 aromatic rings. The number of rotatable bonds is 3. The first-order valence-electron chi connectivity index (χ1n) is 9.91. The van der Waals surface area contributed by atoms with Crippen molar-refractivity contribution in [2.24, 2.45) is 11.8 Å². The molecule has 2 saturated heterocycles. The van der Waals surface area contributed by atoms with Gasteiger partial charge in [-0.2, -0.15) is 0 Å². The highest BCUT2D eigenvalue weighted by Crippen LogP contribution is 2.29. The zero-order chi connectivity index (χ0) is 21.3. The zero-order valence-corrected chi connectivity index (χ0v) is 17.0. The monoisotopic (exact) mass is 407 g/mol. The summed E-state index contributed by atoms with van der Waals surface area (Å²) in [5.41, 5.74) is -0.367. The highest BCUT2D eigenvalue weighted by molar-refractivity contribution is 5.93. The Hall–Kier alpha value is -2.51. The fourth-order valence-electron chi connectivity index (χ4n) is 3.97. The largest absolute Gasteiger partial charge is 0.342 e. The Bertz CT molecular complexity index is 814. The number of carbonyl (C=O) groups is 3. The first-order chi connectivity index (χ1) is 13.6. The predicted octanol–water partition coefficient (Wildman–Crippen LogP) is 2.79. The maximum absolute atomic E-state index is 13.7. The predicted molar refractivity (Wildman–Crippen MR) is 104 cm³/mol. The second-order valence-electron chi connectivity index (χ2n) is 8.79. The molecule has 0 aromatic heterocycles. The van der Waals surface area contributed by atoms with Crippen molar-refractivity contribution < 1.29 is 23.2 Å². The molecule has 2 aliphatic heterocycles. The van der Waals surface area contributed by atoms with Gasteiger partial charge in [-0.05, 0) is 45.7 Å². The van der Waals surface area contributed by atoms with Crippen LogP contribution in [0.15, 0.2) is 18.2 Å². The molecular weight excluding hydrogens is 380 g/mol. The second-order valence-corrected chi connectivity index (χ2v) is 8.79. The van der Waals surface area contributed by atoms with E-state index in [-0.39, 0.29) is 47.2 Å². The highest BCUT2D eigenvalue weighted by Gasteiger charge is 2.41. The van der Waals surface area contributed by atoms with Gasteiger partial charge in [0.2, 0.25) is 17.7 Å². The molecule has 0 spiro atoms. The van der Waals surface area contributed by atoms with Gasteiger partial charge in [-0.25, -0.2) is 8.78 Å². The number of hydrogen-bond acceptors (Lipinski definition) is 3. The zero-order valence-electron chi connectivity index (χ0n) is 17.0. The van der Waals surface area contributed by atoms with E-state index in [0.717, 1.165) is 12.1 Å². The van der Waals surface area contributed by atoms with Crippen molar-refractivity contribution in [1.82, 2.24) is 9.80 Å². The minimum atomic E-state index is -0.819. The maximum atomic E-state index is 13.7. The lowest BCUT2D eigenvalue weighted by atomic mass is 9.94. The van der Waals surface area contributed by atoms with Gasteiger partial charge in [-0.3, -0.25) is 14.4 Å². The molecule has 1 aromatic carbocycles. The molecular formula is C21H27F2N3O3. The van der Waals surface area contributed by atoms with E-state index < -0.39 is 11.6 Å². The van der Waals surface area contributed by atoms with E-state index in [2.05, 4.69) is 5.32 Å². The number of hydrogen-bond donors (Lipinski definition) is 1. The molecule has 1 atom stereocenters. The average Bonchev–Trinajstić information content (AvgIpc) is 3.05. The van der Waals surface area contributed by atoms with Crippen LogP contribution in [0.2, 0.25) is 0 Å². The summed E-state index contributed by atoms with van der Waals surface area (Å²) in [5, 5.41) is 2.50. The van der Waals surface area contributed by atoms with Gasteiger partial charge in [0.05, 0.1) is 11.6 Å². The lowest BCUT2D eigenvalue weighted by molar-refractivity contribution is -0.138. The van der Waals surface area contributed by atoms with E-state index in [4.69, 9.17) is 0 Å². The molecule has 2 heterocycles. The molecule has 158 valence electrons. The first-order valence-corrected chi connectivity index (χ1v) is 9.91. The molecule has 2 fully saturated rings. The highest BCUT2D eigenvalue weighted by atomic mass is 19.1. The molecule has 2 aliphatic rings. The first kappa shape index (κ1) is 21.2. The van der Waals surface area contributed by atoms with Crippen LogP contribution in [0.25, 0.3) is 0 Å². The van der Waals surface area contributed by atoms with Crippen LogP contribution >= 0.6 is 0 Å². The summed E-state index contributed by atoms with van der Waals surface area (Å²) in [5.74, 6) is -2.61. The number of nitrogens with zero attached hydrogens (tertiary/aromatic N) is 2. The second kappa shape index (κ2) is 8.08. The van der Waals surface area contributed by atoms with Gasteiger partial charge in [0, 0.05) is 43.6 Å². The van der Waals surface area contributed by atoms with Gasteiger partial charge < -0.3 is 15.1 Å². The van der Waals surface area contributed by atoms with Crippen LogP contribution in [-0.2, 0) is 14.4 Å². The Morgan fingerprint density at radius 1 is 1.10 bits per heavy atom. The molecule has 29 heavy (non-hydrogen) atoms. The Morgan fingerprint density at radius 2 is 1.76 bits per heavy atom. The Balaban J connectivity index is 1.53. The van der Waals surface area contributed by atoms with Crippen LogP contribution in [-0.4, -0.2) is 52.7 Å². The summed E-state index contributed by atoms with van der Waals surface area (Å²) in [6.07, 6.45) is 1.15. The molecule has 3 rings (SSSR count). The number of piperidine rings is 1. The van der Waals surface area contributed by atoms with Crippen molar-refractivity contribution in [3.05, 3.63) is 29.8 Å². The van der Waals surface area contributed by atoms with Crippen LogP contribution in [0.1, 0.15) is 40.0 Å². The van der Waals surface area contributed by atoms with E-state index in [1.54, 1.807) is 9.80 Å². The summed E-state index contributed by atoms with van der Waals surface area (Å²) >= 11 is 0. The molecule has 0 aliphatic carbocycles. The summed E-state index contributed by atoms with van der Waals surface area (Å²) < 4.78 is 26.7. The van der Waals surface area contributed by atoms with Gasteiger partial charge in [-0.15, -0.1) is 0 Å². The molecule has 8 heteroatoms. The summed E-state index contributed by atoms with van der Waals surface area (Å²) in [6, 6.07) is 3.00. The third-order valence-corrected chi connectivity index (χ3v) is 5.65. The minimum Gasteiger partial charge on any atom is -0.342 e. The van der Waals surface area contributed by atoms with Crippen molar-refractivity contribution >= 4 is 23.4 Å². The maximum Gasteiger partial charge on any atom is 0.227 e. The molecule has 1 N–H and O–H groups in total. The van der Waals surface area contributed by atoms with Gasteiger partial charge in [0.15, 0.2) is 0 Å². The van der Waals surface area contributed by atoms with E-state index in [0.29, 0.717) is 32.5 Å². The number of benzene rings is 1. The number of carbonyl (C=O) groups excluding carboxylic acids is 3. The van der Waals surface area contributed by atoms with Crippen molar-refractivity contribution in [2.75, 3.05) is 25.0 Å². The minimum absolute atomic E-state index is 0.00793. The van der Waals surface area contributed by atoms with Crippen molar-refractivity contribution in [1.29, 1.82) is 0 Å². The standard InChI is InChI=1S/C21H27F2N3O3/c1-21(2,3)26-12-14(10-18(26)27)20(29)25-8-6-13(7-9-25)19(28)24-17-5-4-15(22)11-16(17)23/h4-5,11,13-14H,6-10,12H2,1-3H3,(H,24,28). The number of halogens is 2. The smallest absolute Gasteiger partial charge is 0.227 e. The van der Waals surface area contributed by atoms with Crippen LogP contribution < -0.4 is 5.32 Å². The molecule has 3 amide bonds. The third kappa shape index (κ3) is 4.74. The Kier molecular flexibility index (Phi) is 5.91. The quantitative estimate of drug-likeness (QED) is 0.838. The SMILES string of the molecule is CC(C)(C)N1CC(C(=O)N2CCC(C(=O)Nc3ccc(F)cc3F)CC2)CC1=O.